The molecule has 0 saturated heterocycles. The van der Waals surface area contributed by atoms with Crippen molar-refractivity contribution in [3.05, 3.63) is 116 Å². The Bertz CT molecular complexity index is 1620. The molecule has 1 unspecified atom stereocenters. The molecule has 0 aromatic heterocycles. The minimum atomic E-state index is -4.48. The van der Waals surface area contributed by atoms with Crippen molar-refractivity contribution in [2.45, 2.75) is 55.9 Å². The summed E-state index contributed by atoms with van der Waals surface area (Å²) in [5, 5.41) is 11.0. The summed E-state index contributed by atoms with van der Waals surface area (Å²) in [6, 6.07) is 18.6. The number of allylic oxidation sites excluding steroid dienone is 3. The molecule has 0 saturated carbocycles. The number of nitrogens with zero attached hydrogens (tertiary/aromatic N) is 2. The van der Waals surface area contributed by atoms with Crippen molar-refractivity contribution in [1.29, 1.82) is 5.26 Å². The second-order valence-corrected chi connectivity index (χ2v) is 11.7. The van der Waals surface area contributed by atoms with Gasteiger partial charge in [-0.25, -0.2) is 0 Å². The number of carbonyl (C=O) groups is 1. The van der Waals surface area contributed by atoms with E-state index in [2.05, 4.69) is 18.2 Å². The molecule has 210 valence electrons. The van der Waals surface area contributed by atoms with E-state index in [-0.39, 0.29) is 17.2 Å². The predicted octanol–water partition coefficient (Wildman–Crippen LogP) is 8.57. The van der Waals surface area contributed by atoms with Gasteiger partial charge in [-0.05, 0) is 97.5 Å². The second kappa shape index (κ2) is 11.3. The molecular weight excluding hydrogens is 567 g/mol. The summed E-state index contributed by atoms with van der Waals surface area (Å²) in [7, 11) is 0. The minimum Gasteiger partial charge on any atom is -0.384 e. The Morgan fingerprint density at radius 3 is 2.37 bits per heavy atom. The number of anilines is 1. The Kier molecular flexibility index (Phi) is 7.95. The van der Waals surface area contributed by atoms with Crippen LogP contribution in [0.3, 0.4) is 0 Å². The highest BCUT2D eigenvalue weighted by atomic mass is 35.5. The van der Waals surface area contributed by atoms with Crippen LogP contribution in [0.2, 0.25) is 5.02 Å². The first-order valence-electron chi connectivity index (χ1n) is 13.1. The van der Waals surface area contributed by atoms with Gasteiger partial charge in [-0.3, -0.25) is 9.69 Å². The van der Waals surface area contributed by atoms with Gasteiger partial charge in [0, 0.05) is 39.0 Å². The first-order valence-corrected chi connectivity index (χ1v) is 14.5. The molecule has 5 rings (SSSR count). The van der Waals surface area contributed by atoms with Gasteiger partial charge in [0.2, 0.25) is 0 Å². The molecule has 1 aliphatic carbocycles. The monoisotopic (exact) mass is 593 g/mol. The number of alkyl halides is 3. The summed E-state index contributed by atoms with van der Waals surface area (Å²) in [6.07, 6.45) is -3.05. The van der Waals surface area contributed by atoms with Crippen molar-refractivity contribution in [2.75, 3.05) is 4.90 Å². The minimum absolute atomic E-state index is 0.0783. The number of rotatable bonds is 5. The highest BCUT2D eigenvalue weighted by Gasteiger charge is 2.41. The van der Waals surface area contributed by atoms with E-state index in [4.69, 9.17) is 17.3 Å². The quantitative estimate of drug-likeness (QED) is 0.300. The van der Waals surface area contributed by atoms with Crippen LogP contribution < -0.4 is 10.6 Å². The standard InChI is InChI=1S/C32H27ClF3N3OS/c1-18-14-19(2)25(15-20(18)17-41-24-12-8-22(33)9-13-24)29-26(16-37)31(38)39(27-4-3-5-28(40)30(27)29)23-10-6-21(7-11-23)32(34,35)36/h6-15,29H,3-5,17,38H2,1-2H3. The van der Waals surface area contributed by atoms with Gasteiger partial charge in [-0.2, -0.15) is 18.4 Å². The summed E-state index contributed by atoms with van der Waals surface area (Å²) in [4.78, 5) is 16.2. The average molecular weight is 594 g/mol. The highest BCUT2D eigenvalue weighted by molar-refractivity contribution is 7.98. The lowest BCUT2D eigenvalue weighted by molar-refractivity contribution is -0.137. The van der Waals surface area contributed by atoms with Crippen LogP contribution in [0.1, 0.15) is 53.0 Å². The van der Waals surface area contributed by atoms with Crippen LogP contribution in [0.4, 0.5) is 18.9 Å². The third-order valence-corrected chi connectivity index (χ3v) is 8.92. The number of nitriles is 1. The molecule has 0 radical (unpaired) electrons. The molecule has 2 N–H and O–H groups in total. The fourth-order valence-corrected chi connectivity index (χ4v) is 6.65. The summed E-state index contributed by atoms with van der Waals surface area (Å²) in [5.74, 6) is 0.0631. The molecule has 0 spiro atoms. The van der Waals surface area contributed by atoms with E-state index in [1.807, 2.05) is 38.1 Å². The van der Waals surface area contributed by atoms with Crippen LogP contribution in [0.5, 0.6) is 0 Å². The topological polar surface area (TPSA) is 70.1 Å². The zero-order valence-corrected chi connectivity index (χ0v) is 24.1. The van der Waals surface area contributed by atoms with Crippen molar-refractivity contribution >= 4 is 34.8 Å². The number of benzene rings is 3. The first-order chi connectivity index (χ1) is 19.5. The summed E-state index contributed by atoms with van der Waals surface area (Å²) in [6.45, 7) is 3.99. The Morgan fingerprint density at radius 2 is 1.73 bits per heavy atom. The van der Waals surface area contributed by atoms with Gasteiger partial charge in [0.15, 0.2) is 5.78 Å². The number of aryl methyl sites for hydroxylation is 2. The Labute approximate surface area is 246 Å². The Balaban J connectivity index is 1.60. The molecular formula is C32H27ClF3N3OS. The van der Waals surface area contributed by atoms with Gasteiger partial charge in [-0.1, -0.05) is 23.7 Å². The van der Waals surface area contributed by atoms with E-state index in [0.29, 0.717) is 47.0 Å². The molecule has 3 aromatic rings. The lowest BCUT2D eigenvalue weighted by atomic mass is 9.74. The zero-order chi connectivity index (χ0) is 29.5. The molecule has 1 aliphatic heterocycles. The van der Waals surface area contributed by atoms with Gasteiger partial charge in [0.05, 0.1) is 23.1 Å². The van der Waals surface area contributed by atoms with Crippen LogP contribution in [-0.4, -0.2) is 5.78 Å². The number of thioether (sulfide) groups is 1. The second-order valence-electron chi connectivity index (χ2n) is 10.2. The fourth-order valence-electron chi connectivity index (χ4n) is 5.57. The number of ketones is 1. The SMILES string of the molecule is Cc1cc(C)c(C2C(C#N)=C(N)N(c3ccc(C(F)(F)F)cc3)C3=C2C(=O)CCC3)cc1CSc1ccc(Cl)cc1. The summed E-state index contributed by atoms with van der Waals surface area (Å²) < 4.78 is 39.7. The Hall–Kier alpha value is -3.67. The molecule has 1 heterocycles. The predicted molar refractivity (Wildman–Crippen MR) is 156 cm³/mol. The molecule has 41 heavy (non-hydrogen) atoms. The number of halogens is 4. The van der Waals surface area contributed by atoms with Gasteiger partial charge < -0.3 is 5.73 Å². The third kappa shape index (κ3) is 5.61. The molecule has 0 fully saturated rings. The van der Waals surface area contributed by atoms with Crippen molar-refractivity contribution in [3.63, 3.8) is 0 Å². The summed E-state index contributed by atoms with van der Waals surface area (Å²) in [5.41, 5.74) is 11.5. The largest absolute Gasteiger partial charge is 0.416 e. The van der Waals surface area contributed by atoms with Crippen molar-refractivity contribution in [3.8, 4) is 6.07 Å². The third-order valence-electron chi connectivity index (χ3n) is 7.61. The van der Waals surface area contributed by atoms with E-state index in [1.54, 1.807) is 16.7 Å². The lowest BCUT2D eigenvalue weighted by Gasteiger charge is -2.40. The molecule has 0 amide bonds. The lowest BCUT2D eigenvalue weighted by Crippen LogP contribution is -2.39. The first kappa shape index (κ1) is 28.8. The van der Waals surface area contributed by atoms with Gasteiger partial charge in [-0.15, -0.1) is 11.8 Å². The van der Waals surface area contributed by atoms with E-state index in [0.717, 1.165) is 39.3 Å². The van der Waals surface area contributed by atoms with Crippen LogP contribution in [0.15, 0.2) is 88.2 Å². The number of carbonyl (C=O) groups excluding carboxylic acids is 1. The van der Waals surface area contributed by atoms with Gasteiger partial charge in [0.1, 0.15) is 5.82 Å². The van der Waals surface area contributed by atoms with Crippen LogP contribution in [0.25, 0.3) is 0 Å². The smallest absolute Gasteiger partial charge is 0.384 e. The van der Waals surface area contributed by atoms with Crippen LogP contribution in [0, 0.1) is 25.2 Å². The maximum absolute atomic E-state index is 13.5. The van der Waals surface area contributed by atoms with Crippen molar-refractivity contribution in [1.82, 2.24) is 0 Å². The van der Waals surface area contributed by atoms with Gasteiger partial charge in [0.25, 0.3) is 0 Å². The molecule has 2 aliphatic rings. The van der Waals surface area contributed by atoms with E-state index < -0.39 is 17.7 Å². The highest BCUT2D eigenvalue weighted by Crippen LogP contribution is 2.47. The summed E-state index contributed by atoms with van der Waals surface area (Å²) >= 11 is 7.69. The maximum Gasteiger partial charge on any atom is 0.416 e. The van der Waals surface area contributed by atoms with Crippen LogP contribution in [-0.2, 0) is 16.7 Å². The number of hydrogen-bond acceptors (Lipinski definition) is 5. The molecule has 4 nitrogen and oxygen atoms in total. The zero-order valence-electron chi connectivity index (χ0n) is 22.5. The normalized spacial score (nSPS) is 17.5. The van der Waals surface area contributed by atoms with Crippen molar-refractivity contribution in [2.24, 2.45) is 5.73 Å². The average Bonchev–Trinajstić information content (AvgIpc) is 2.93. The van der Waals surface area contributed by atoms with E-state index in [9.17, 15) is 23.2 Å². The molecule has 1 atom stereocenters. The number of hydrogen-bond donors (Lipinski definition) is 1. The fraction of sp³-hybridized carbons (Fsp3) is 0.250. The molecule has 3 aromatic carbocycles. The molecule has 9 heteroatoms. The maximum atomic E-state index is 13.5. The van der Waals surface area contributed by atoms with Gasteiger partial charge >= 0.3 is 6.18 Å². The number of Topliss-reactive ketones (excluding diaryl/α,β-unsaturated/α-hetero) is 1. The van der Waals surface area contributed by atoms with Crippen molar-refractivity contribution < 1.29 is 18.0 Å². The van der Waals surface area contributed by atoms with Crippen LogP contribution >= 0.6 is 23.4 Å². The molecule has 0 bridgehead atoms. The number of nitrogens with two attached hydrogens (primary N) is 1. The van der Waals surface area contributed by atoms with E-state index >= 15 is 0 Å². The van der Waals surface area contributed by atoms with E-state index in [1.165, 1.54) is 12.1 Å². The Morgan fingerprint density at radius 1 is 1.05 bits per heavy atom.